The third kappa shape index (κ3) is 12.5. The van der Waals surface area contributed by atoms with Crippen molar-refractivity contribution in [3.8, 4) is 56.5 Å². The second-order valence-electron chi connectivity index (χ2n) is 20.4. The van der Waals surface area contributed by atoms with Gasteiger partial charge in [0, 0.05) is 94.8 Å². The van der Waals surface area contributed by atoms with Gasteiger partial charge in [-0.05, 0) is 88.1 Å². The van der Waals surface area contributed by atoms with Gasteiger partial charge in [-0.2, -0.15) is 10.2 Å². The van der Waals surface area contributed by atoms with Crippen LogP contribution in [0, 0.1) is 23.5 Å². The number of carbonyl (C=O) groups excluding carboxylic acids is 2. The molecule has 2 aliphatic heterocycles. The molecule has 2 N–H and O–H groups in total. The standard InChI is InChI=1S/2C30H26Cl2FN7O3.CH4/c2*1-3-39-29-17-9-10-34-21(11-17)18(6-4-5-16(2)30(42)36-22(29)13-35-39)19-15-43-25(12-24(19)41)27-23(8-7-20(31)28(27)33)40-14-26(32)37-38-40;/h2*7-16,18H,3-6H2,1-2H3,(H,36,42);1H4/t16-,18+;16-,18-;/m11./s1/i2*3D2;. The zero-order valence-corrected chi connectivity index (χ0v) is 49.1. The molecule has 0 aliphatic carbocycles. The maximum Gasteiger partial charge on any atom is 0.227 e. The zero-order valence-electron chi connectivity index (χ0n) is 50.0. The van der Waals surface area contributed by atoms with Crippen molar-refractivity contribution in [1.82, 2.24) is 59.5 Å². The Hall–Kier alpha value is -8.70. The van der Waals surface area contributed by atoms with Gasteiger partial charge in [0.05, 0.1) is 98.1 Å². The predicted molar refractivity (Wildman–Crippen MR) is 327 cm³/mol. The van der Waals surface area contributed by atoms with Gasteiger partial charge in [0.1, 0.15) is 11.5 Å². The van der Waals surface area contributed by atoms with E-state index in [-0.39, 0.29) is 96.6 Å². The maximum absolute atomic E-state index is 15.4. The van der Waals surface area contributed by atoms with Crippen molar-refractivity contribution >= 4 is 69.6 Å². The molecule has 0 fully saturated rings. The molecule has 26 heteroatoms. The van der Waals surface area contributed by atoms with Crippen molar-refractivity contribution in [3.05, 3.63) is 185 Å². The molecule has 0 unspecified atom stereocenters. The lowest BCUT2D eigenvalue weighted by atomic mass is 9.88. The van der Waals surface area contributed by atoms with Crippen LogP contribution in [0.2, 0.25) is 20.4 Å². The van der Waals surface area contributed by atoms with Crippen molar-refractivity contribution < 1.29 is 32.7 Å². The highest BCUT2D eigenvalue weighted by Crippen LogP contribution is 2.40. The van der Waals surface area contributed by atoms with Gasteiger partial charge < -0.3 is 19.5 Å². The first-order chi connectivity index (χ1) is 42.8. The Morgan fingerprint density at radius 1 is 0.609 bits per heavy atom. The number of anilines is 2. The molecule has 4 bridgehead atoms. The number of nitrogens with one attached hydrogen (secondary N) is 2. The molecule has 2 aliphatic rings. The van der Waals surface area contributed by atoms with Crippen molar-refractivity contribution in [1.29, 1.82) is 0 Å². The number of fused-ring (bicyclic) bond motifs is 8. The molecule has 2 aromatic carbocycles. The topological polar surface area (TPSA) is 241 Å². The van der Waals surface area contributed by atoms with Crippen LogP contribution in [0.15, 0.2) is 129 Å². The number of hydrogen-bond acceptors (Lipinski definition) is 14. The number of aromatic nitrogens is 12. The lowest BCUT2D eigenvalue weighted by molar-refractivity contribution is -0.120. The van der Waals surface area contributed by atoms with Crippen LogP contribution >= 0.6 is 46.4 Å². The summed E-state index contributed by atoms with van der Waals surface area (Å²) in [4.78, 5) is 62.8. The number of nitrogens with zero attached hydrogens (tertiary/aromatic N) is 12. The van der Waals surface area contributed by atoms with Gasteiger partial charge in [-0.25, -0.2) is 18.1 Å². The van der Waals surface area contributed by atoms with Crippen LogP contribution in [0.5, 0.6) is 0 Å². The van der Waals surface area contributed by atoms with E-state index in [2.05, 4.69) is 51.4 Å². The molecule has 0 saturated carbocycles. The third-order valence-corrected chi connectivity index (χ3v) is 15.9. The molecule has 10 aromatic rings. The molecule has 0 saturated heterocycles. The largest absolute Gasteiger partial charge is 0.464 e. The number of pyridine rings is 2. The summed E-state index contributed by atoms with van der Waals surface area (Å²) in [7, 11) is 0. The van der Waals surface area contributed by atoms with Crippen molar-refractivity contribution in [2.75, 3.05) is 10.6 Å². The summed E-state index contributed by atoms with van der Waals surface area (Å²) < 4.78 is 80.9. The van der Waals surface area contributed by atoms with E-state index in [1.165, 1.54) is 106 Å². The van der Waals surface area contributed by atoms with E-state index in [1.54, 1.807) is 50.5 Å². The van der Waals surface area contributed by atoms with Gasteiger partial charge in [0.2, 0.25) is 11.8 Å². The van der Waals surface area contributed by atoms with Crippen molar-refractivity contribution in [2.24, 2.45) is 11.8 Å². The van der Waals surface area contributed by atoms with Gasteiger partial charge in [-0.3, -0.25) is 38.5 Å². The van der Waals surface area contributed by atoms with Gasteiger partial charge in [0.25, 0.3) is 0 Å². The highest BCUT2D eigenvalue weighted by molar-refractivity contribution is 6.31. The smallest absolute Gasteiger partial charge is 0.227 e. The summed E-state index contributed by atoms with van der Waals surface area (Å²) in [6, 6.07) is 15.0. The van der Waals surface area contributed by atoms with E-state index in [1.807, 2.05) is 0 Å². The number of rotatable bonds is 8. The minimum absolute atomic E-state index is 0. The summed E-state index contributed by atoms with van der Waals surface area (Å²) in [6.07, 6.45) is 14.4. The Labute approximate surface area is 522 Å². The lowest BCUT2D eigenvalue weighted by Gasteiger charge is -2.20. The first-order valence-electron chi connectivity index (χ1n) is 28.9. The number of benzene rings is 2. The van der Waals surface area contributed by atoms with Crippen LogP contribution in [0.1, 0.15) is 113 Å². The molecule has 448 valence electrons. The first kappa shape index (κ1) is 56.1. The molecule has 2 amide bonds. The summed E-state index contributed by atoms with van der Waals surface area (Å²) in [6.45, 7) is 2.58. The van der Waals surface area contributed by atoms with E-state index in [9.17, 15) is 19.2 Å². The second kappa shape index (κ2) is 26.1. The Morgan fingerprint density at radius 2 is 1.02 bits per heavy atom. The van der Waals surface area contributed by atoms with E-state index in [4.69, 9.17) is 60.7 Å². The number of carbonyl (C=O) groups is 2. The van der Waals surface area contributed by atoms with E-state index in [0.29, 0.717) is 83.8 Å². The average Bonchev–Trinajstić information content (AvgIpc) is 1.83. The van der Waals surface area contributed by atoms with Crippen LogP contribution in [-0.4, -0.2) is 71.3 Å². The monoisotopic (exact) mass is 1260 g/mol. The maximum atomic E-state index is 15.4. The SMILES string of the molecule is C.[2H]C([2H])(C)n1ncc2c1-c1ccnc(c1)[C@@H](c1coc(-c3c(-n4cc(Cl)nn4)ccc(Cl)c3F)cc1=O)CCC[C@@H](C)C(=O)N2.[2H]C([2H])(C)n1ncc2c1-c1ccnc(c1)[C@H](c1coc(-c3c(-n4cc(Cl)nn4)ccc(Cl)c3F)cc1=O)CCC[C@@H](C)C(=O)N2. The van der Waals surface area contributed by atoms with Crippen LogP contribution in [0.3, 0.4) is 0 Å². The Balaban J connectivity index is 0.000000198. The zero-order chi connectivity index (χ0) is 64.1. The average molecular weight is 1270 g/mol. The van der Waals surface area contributed by atoms with Crippen LogP contribution < -0.4 is 21.5 Å². The third-order valence-electron chi connectivity index (χ3n) is 15.0. The lowest BCUT2D eigenvalue weighted by Crippen LogP contribution is -2.22. The summed E-state index contributed by atoms with van der Waals surface area (Å²) in [5.74, 6) is -4.10. The molecule has 4 atom stereocenters. The molecule has 0 radical (unpaired) electrons. The summed E-state index contributed by atoms with van der Waals surface area (Å²) in [5, 5.41) is 29.4. The highest BCUT2D eigenvalue weighted by Gasteiger charge is 2.30. The summed E-state index contributed by atoms with van der Waals surface area (Å²) >= 11 is 24.1. The Bertz CT molecular complexity index is 4260. The molecule has 0 spiro atoms. The Kier molecular flexibility index (Phi) is 16.8. The van der Waals surface area contributed by atoms with E-state index >= 15 is 8.78 Å². The molecule has 87 heavy (non-hydrogen) atoms. The normalized spacial score (nSPS) is 17.9. The highest BCUT2D eigenvalue weighted by atomic mass is 35.5. The fourth-order valence-corrected chi connectivity index (χ4v) is 11.1. The van der Waals surface area contributed by atoms with Gasteiger partial charge in [0.15, 0.2) is 32.8 Å². The number of hydrogen-bond donors (Lipinski definition) is 2. The molecule has 8 aromatic heterocycles. The fraction of sp³-hybridized carbons (Fsp3) is 0.279. The minimum Gasteiger partial charge on any atom is -0.464 e. The Morgan fingerprint density at radius 3 is 1.39 bits per heavy atom. The van der Waals surface area contributed by atoms with Gasteiger partial charge in [-0.15, -0.1) is 10.2 Å². The van der Waals surface area contributed by atoms with Gasteiger partial charge >= 0.3 is 0 Å². The van der Waals surface area contributed by atoms with Crippen LogP contribution in [0.4, 0.5) is 20.2 Å². The molecule has 10 heterocycles. The number of aryl methyl sites for hydroxylation is 2. The molecule has 20 nitrogen and oxygen atoms in total. The first-order valence-corrected chi connectivity index (χ1v) is 28.5. The molecular weight excluding hydrogens is 1200 g/mol. The van der Waals surface area contributed by atoms with Crippen LogP contribution in [-0.2, 0) is 22.6 Å². The second-order valence-corrected chi connectivity index (χ2v) is 22.0. The van der Waals surface area contributed by atoms with Gasteiger partial charge in [-0.1, -0.05) is 90.9 Å². The van der Waals surface area contributed by atoms with Crippen LogP contribution in [0.25, 0.3) is 56.5 Å². The van der Waals surface area contributed by atoms with Crippen molar-refractivity contribution in [3.63, 3.8) is 0 Å². The van der Waals surface area contributed by atoms with Crippen molar-refractivity contribution in [2.45, 2.75) is 98.5 Å². The quantitative estimate of drug-likeness (QED) is 0.144. The molecular formula is C61H56Cl4F2N14O6. The predicted octanol–water partition coefficient (Wildman–Crippen LogP) is 13.6. The van der Waals surface area contributed by atoms with E-state index in [0.717, 1.165) is 0 Å². The number of amides is 2. The minimum atomic E-state index is -1.88. The summed E-state index contributed by atoms with van der Waals surface area (Å²) in [5.41, 5.74) is 3.58. The molecule has 12 rings (SSSR count). The fourth-order valence-electron chi connectivity index (χ4n) is 10.6. The van der Waals surface area contributed by atoms with E-state index < -0.39 is 47.3 Å². The number of halogens is 6.